The molecule has 0 bridgehead atoms. The lowest BCUT2D eigenvalue weighted by Gasteiger charge is -2.15. The minimum Gasteiger partial charge on any atom is -0.303 e. The molecule has 0 aliphatic heterocycles. The third kappa shape index (κ3) is 6.21. The van der Waals surface area contributed by atoms with Crippen LogP contribution in [-0.4, -0.2) is 25.0 Å². The van der Waals surface area contributed by atoms with Crippen LogP contribution in [-0.2, 0) is 0 Å². The number of allylic oxidation sites excluding steroid dienone is 1. The number of hydrogen-bond donors (Lipinski definition) is 0. The molecule has 1 aromatic rings. The van der Waals surface area contributed by atoms with Gasteiger partial charge in [-0.05, 0) is 56.0 Å². The van der Waals surface area contributed by atoms with Gasteiger partial charge in [-0.2, -0.15) is 0 Å². The highest BCUT2D eigenvalue weighted by molar-refractivity contribution is 5.65. The molecular weight excluding hydrogens is 242 g/mol. The molecule has 20 heavy (non-hydrogen) atoms. The van der Waals surface area contributed by atoms with Crippen LogP contribution in [0.3, 0.4) is 0 Å². The van der Waals surface area contributed by atoms with Crippen molar-refractivity contribution in [2.24, 2.45) is 5.92 Å². The van der Waals surface area contributed by atoms with Crippen LogP contribution < -0.4 is 0 Å². The van der Waals surface area contributed by atoms with Crippen molar-refractivity contribution >= 4 is 11.6 Å². The molecule has 0 aliphatic carbocycles. The Balaban J connectivity index is 2.45. The van der Waals surface area contributed by atoms with Crippen LogP contribution in [0.5, 0.6) is 0 Å². The standard InChI is InChI=1S/C19H29N/c1-6-18-9-11-19(12-10-18)17(4)13-15-20(5)14-7-8-16(2)3/h6,9-13,16H,1,7-8,14-15H2,2-5H3/b17-13+. The summed E-state index contributed by atoms with van der Waals surface area (Å²) in [4.78, 5) is 2.39. The molecule has 0 unspecified atom stereocenters. The Morgan fingerprint density at radius 2 is 1.90 bits per heavy atom. The van der Waals surface area contributed by atoms with Crippen LogP contribution in [0.4, 0.5) is 0 Å². The predicted octanol–water partition coefficient (Wildman–Crippen LogP) is 5.10. The minimum absolute atomic E-state index is 0.809. The van der Waals surface area contributed by atoms with Crippen LogP contribution in [0, 0.1) is 5.92 Å². The van der Waals surface area contributed by atoms with Gasteiger partial charge in [0, 0.05) is 6.54 Å². The van der Waals surface area contributed by atoms with E-state index in [1.807, 2.05) is 6.08 Å². The van der Waals surface area contributed by atoms with Gasteiger partial charge in [0.15, 0.2) is 0 Å². The first kappa shape index (κ1) is 16.7. The van der Waals surface area contributed by atoms with Gasteiger partial charge in [0.1, 0.15) is 0 Å². The Kier molecular flexibility index (Phi) is 7.32. The van der Waals surface area contributed by atoms with Crippen LogP contribution in [0.25, 0.3) is 11.6 Å². The van der Waals surface area contributed by atoms with E-state index in [1.54, 1.807) is 0 Å². The largest absolute Gasteiger partial charge is 0.303 e. The van der Waals surface area contributed by atoms with Gasteiger partial charge >= 0.3 is 0 Å². The average Bonchev–Trinajstić information content (AvgIpc) is 2.44. The lowest BCUT2D eigenvalue weighted by molar-refractivity contribution is 0.348. The molecule has 1 aromatic carbocycles. The van der Waals surface area contributed by atoms with E-state index in [1.165, 1.54) is 36.1 Å². The van der Waals surface area contributed by atoms with Crippen LogP contribution in [0.2, 0.25) is 0 Å². The molecule has 0 N–H and O–H groups in total. The third-order valence-electron chi connectivity index (χ3n) is 3.63. The third-order valence-corrected chi connectivity index (χ3v) is 3.63. The second kappa shape index (κ2) is 8.76. The summed E-state index contributed by atoms with van der Waals surface area (Å²) in [7, 11) is 2.20. The van der Waals surface area contributed by atoms with Gasteiger partial charge in [-0.15, -0.1) is 0 Å². The normalized spacial score (nSPS) is 12.2. The highest BCUT2D eigenvalue weighted by Gasteiger charge is 2.00. The molecule has 0 atom stereocenters. The Morgan fingerprint density at radius 1 is 1.25 bits per heavy atom. The molecule has 0 heterocycles. The molecule has 0 aliphatic rings. The van der Waals surface area contributed by atoms with Crippen molar-refractivity contribution in [3.05, 3.63) is 48.0 Å². The number of benzene rings is 1. The van der Waals surface area contributed by atoms with Gasteiger partial charge in [0.25, 0.3) is 0 Å². The molecular formula is C19H29N. The first-order valence-corrected chi connectivity index (χ1v) is 7.61. The Bertz CT molecular complexity index is 426. The highest BCUT2D eigenvalue weighted by atomic mass is 15.1. The fourth-order valence-electron chi connectivity index (χ4n) is 2.15. The summed E-state index contributed by atoms with van der Waals surface area (Å²) in [5.41, 5.74) is 3.81. The summed E-state index contributed by atoms with van der Waals surface area (Å²) in [5, 5.41) is 0. The maximum absolute atomic E-state index is 3.78. The van der Waals surface area contributed by atoms with Crippen molar-refractivity contribution in [1.29, 1.82) is 0 Å². The highest BCUT2D eigenvalue weighted by Crippen LogP contribution is 2.15. The van der Waals surface area contributed by atoms with Crippen molar-refractivity contribution in [2.45, 2.75) is 33.6 Å². The van der Waals surface area contributed by atoms with Crippen LogP contribution in [0.1, 0.15) is 44.7 Å². The van der Waals surface area contributed by atoms with E-state index in [9.17, 15) is 0 Å². The maximum atomic E-state index is 3.78. The van der Waals surface area contributed by atoms with E-state index in [-0.39, 0.29) is 0 Å². The van der Waals surface area contributed by atoms with E-state index < -0.39 is 0 Å². The molecule has 0 saturated carbocycles. The van der Waals surface area contributed by atoms with Crippen molar-refractivity contribution in [3.8, 4) is 0 Å². The maximum Gasteiger partial charge on any atom is 0.0165 e. The van der Waals surface area contributed by atoms with Crippen molar-refractivity contribution in [1.82, 2.24) is 4.90 Å². The summed E-state index contributed by atoms with van der Waals surface area (Å²) in [6, 6.07) is 8.57. The summed E-state index contributed by atoms with van der Waals surface area (Å²) >= 11 is 0. The van der Waals surface area contributed by atoms with Gasteiger partial charge in [0.05, 0.1) is 0 Å². The summed E-state index contributed by atoms with van der Waals surface area (Å²) < 4.78 is 0. The van der Waals surface area contributed by atoms with Gasteiger partial charge in [0.2, 0.25) is 0 Å². The molecule has 1 heteroatoms. The first-order chi connectivity index (χ1) is 9.52. The molecule has 1 nitrogen and oxygen atoms in total. The number of rotatable bonds is 8. The van der Waals surface area contributed by atoms with Crippen molar-refractivity contribution < 1.29 is 0 Å². The fourth-order valence-corrected chi connectivity index (χ4v) is 2.15. The quantitative estimate of drug-likeness (QED) is 0.635. The number of hydrogen-bond acceptors (Lipinski definition) is 1. The second-order valence-electron chi connectivity index (χ2n) is 6.01. The molecule has 0 fully saturated rings. The summed E-state index contributed by atoms with van der Waals surface area (Å²) in [6.45, 7) is 12.7. The molecule has 0 saturated heterocycles. The summed E-state index contributed by atoms with van der Waals surface area (Å²) in [6.07, 6.45) is 6.80. The van der Waals surface area contributed by atoms with Gasteiger partial charge < -0.3 is 4.90 Å². The summed E-state index contributed by atoms with van der Waals surface area (Å²) in [5.74, 6) is 0.809. The molecule has 0 radical (unpaired) electrons. The van der Waals surface area contributed by atoms with E-state index in [4.69, 9.17) is 0 Å². The Hall–Kier alpha value is -1.34. The smallest absolute Gasteiger partial charge is 0.0165 e. The molecule has 0 amide bonds. The average molecular weight is 271 g/mol. The second-order valence-corrected chi connectivity index (χ2v) is 6.01. The molecule has 1 rings (SSSR count). The van der Waals surface area contributed by atoms with Crippen molar-refractivity contribution in [2.75, 3.05) is 20.1 Å². The van der Waals surface area contributed by atoms with Gasteiger partial charge in [-0.25, -0.2) is 0 Å². The Labute approximate surface area is 125 Å². The zero-order valence-corrected chi connectivity index (χ0v) is 13.5. The molecule has 0 aromatic heterocycles. The molecule has 110 valence electrons. The SMILES string of the molecule is C=Cc1ccc(/C(C)=C/CN(C)CCCC(C)C)cc1. The van der Waals surface area contributed by atoms with Crippen molar-refractivity contribution in [3.63, 3.8) is 0 Å². The minimum atomic E-state index is 0.809. The predicted molar refractivity (Wildman–Crippen MR) is 91.8 cm³/mol. The van der Waals surface area contributed by atoms with E-state index in [2.05, 4.69) is 69.6 Å². The van der Waals surface area contributed by atoms with E-state index in [0.717, 1.165) is 12.5 Å². The number of likely N-dealkylation sites (N-methyl/N-ethyl adjacent to an activating group) is 1. The van der Waals surface area contributed by atoms with E-state index in [0.29, 0.717) is 0 Å². The van der Waals surface area contributed by atoms with Gasteiger partial charge in [-0.1, -0.05) is 56.8 Å². The number of nitrogens with zero attached hydrogens (tertiary/aromatic N) is 1. The molecule has 0 spiro atoms. The van der Waals surface area contributed by atoms with Crippen LogP contribution >= 0.6 is 0 Å². The van der Waals surface area contributed by atoms with Crippen LogP contribution in [0.15, 0.2) is 36.9 Å². The monoisotopic (exact) mass is 271 g/mol. The Morgan fingerprint density at radius 3 is 2.45 bits per heavy atom. The van der Waals surface area contributed by atoms with Gasteiger partial charge in [-0.3, -0.25) is 0 Å². The topological polar surface area (TPSA) is 3.24 Å². The zero-order valence-electron chi connectivity index (χ0n) is 13.5. The van der Waals surface area contributed by atoms with E-state index >= 15 is 0 Å². The fraction of sp³-hybridized carbons (Fsp3) is 0.474. The first-order valence-electron chi connectivity index (χ1n) is 7.61. The lowest BCUT2D eigenvalue weighted by Crippen LogP contribution is -2.20. The zero-order chi connectivity index (χ0) is 15.0. The lowest BCUT2D eigenvalue weighted by atomic mass is 10.0.